The highest BCUT2D eigenvalue weighted by Gasteiger charge is 2.45. The van der Waals surface area contributed by atoms with Crippen molar-refractivity contribution in [3.63, 3.8) is 0 Å². The highest BCUT2D eigenvalue weighted by atomic mass is 32.3. The van der Waals surface area contributed by atoms with Gasteiger partial charge in [0.1, 0.15) is 56.5 Å². The molecule has 12 rings (SSSR count). The Morgan fingerprint density at radius 3 is 1.71 bits per heavy atom. The molecule has 1 fully saturated rings. The lowest BCUT2D eigenvalue weighted by atomic mass is 9.94. The van der Waals surface area contributed by atoms with Gasteiger partial charge in [0.15, 0.2) is 40.3 Å². The monoisotopic (exact) mass is 1350 g/mol. The summed E-state index contributed by atoms with van der Waals surface area (Å²) in [5.74, 6) is -0.219. The van der Waals surface area contributed by atoms with Gasteiger partial charge >= 0.3 is 10.4 Å². The second-order valence-corrected chi connectivity index (χ2v) is 26.3. The van der Waals surface area contributed by atoms with Crippen LogP contribution in [-0.4, -0.2) is 171 Å². The third-order valence-electron chi connectivity index (χ3n) is 17.6. The predicted molar refractivity (Wildman–Crippen MR) is 355 cm³/mol. The maximum atomic E-state index is 14.2. The fourth-order valence-electron chi connectivity index (χ4n) is 12.8. The van der Waals surface area contributed by atoms with E-state index in [0.717, 1.165) is 39.4 Å². The van der Waals surface area contributed by atoms with Crippen molar-refractivity contribution in [2.24, 2.45) is 15.7 Å². The van der Waals surface area contributed by atoms with Crippen molar-refractivity contribution in [1.29, 1.82) is 0 Å². The van der Waals surface area contributed by atoms with Crippen molar-refractivity contribution in [3.8, 4) is 40.2 Å². The van der Waals surface area contributed by atoms with Crippen molar-refractivity contribution in [2.75, 3.05) is 54.7 Å². The van der Waals surface area contributed by atoms with E-state index in [4.69, 9.17) is 57.2 Å². The zero-order chi connectivity index (χ0) is 68.1. The average Bonchev–Trinajstić information content (AvgIpc) is 1.65. The number of Topliss-reactive ketones (excluding diaryl/α,β-unsaturated/α-hetero) is 1. The van der Waals surface area contributed by atoms with Gasteiger partial charge in [0.05, 0.1) is 76.1 Å². The molecule has 7 aromatic rings. The van der Waals surface area contributed by atoms with Crippen LogP contribution in [0.1, 0.15) is 88.4 Å². The van der Waals surface area contributed by atoms with Crippen LogP contribution in [0.2, 0.25) is 0 Å². The SMILES string of the molecule is COc1cc2c(cc1OCc1cc(COc3cc4c(cc3OC)C(=O)N3Cc5ccccc5C[C@@H]3C=N4)cc(C[N+](C)(C)Cc3ccc(OS(=O)(=O)Oc4cc(C(=O)CCCOCCN)ccc4OC4O[C@H](CO)[C@H](O)[C@H](O)[C@H]4O)cc3)c1)N=C[C@@H]1Cc3ccccc3CN1C2=O. The lowest BCUT2D eigenvalue weighted by molar-refractivity contribution is -0.916. The van der Waals surface area contributed by atoms with Crippen molar-refractivity contribution in [3.05, 3.63) is 195 Å². The van der Waals surface area contributed by atoms with Gasteiger partial charge in [-0.3, -0.25) is 24.4 Å². The van der Waals surface area contributed by atoms with E-state index in [-0.39, 0.29) is 73.0 Å². The molecule has 6 N–H and O–H groups in total. The molecule has 25 heteroatoms. The minimum absolute atomic E-state index is 0.0229. The molecule has 5 aliphatic rings. The van der Waals surface area contributed by atoms with E-state index in [1.165, 1.54) is 49.6 Å². The lowest BCUT2D eigenvalue weighted by Crippen LogP contribution is -2.60. The molecule has 1 saturated heterocycles. The standard InChI is InChI=1S/C72H77N6O18S/c1-78(2,38-43-15-18-54(19-16-43)95-97(86,87)96-65-29-49(59(80)14-9-22-90-23-21-73)17-20-60(65)93-72-69(83)68(82)67(81)66(40-79)94-72)39-44-24-45(41-91-63-32-57-55(30-61(63)88-3)70(84)76-36-50-12-7-5-10-47(50)27-52(76)34-74-57)26-46(25-44)42-92-64-33-58-56(31-62(64)89-4)71(85)77-37-51-13-8-6-11-48(51)28-53(77)35-75-58/h5-8,10-13,15-20,24-26,29-35,52-53,66-69,72,79,81-83H,9,14,21-23,27-28,36-42,73H2,1-4H3/q+1/t52-,53+,66-,67+,68+,69-,72?/m1/s1. The largest absolute Gasteiger partial charge is 0.501 e. The molecule has 0 aliphatic carbocycles. The number of amides is 2. The number of benzene rings is 7. The normalized spacial score (nSPS) is 20.2. The van der Waals surface area contributed by atoms with E-state index in [1.54, 1.807) is 36.4 Å². The smallest absolute Gasteiger partial charge is 0.493 e. The second kappa shape index (κ2) is 29.2. The van der Waals surface area contributed by atoms with Gasteiger partial charge in [-0.25, -0.2) is 0 Å². The van der Waals surface area contributed by atoms with E-state index >= 15 is 0 Å². The molecule has 0 saturated carbocycles. The first-order valence-corrected chi connectivity index (χ1v) is 33.2. The first-order valence-electron chi connectivity index (χ1n) is 31.9. The van der Waals surface area contributed by atoms with Gasteiger partial charge in [0, 0.05) is 73.9 Å². The third kappa shape index (κ3) is 15.4. The zero-order valence-electron chi connectivity index (χ0n) is 54.0. The number of nitrogens with two attached hydrogens (primary N) is 1. The summed E-state index contributed by atoms with van der Waals surface area (Å²) in [5.41, 5.74) is 15.1. The van der Waals surface area contributed by atoms with Crippen molar-refractivity contribution in [1.82, 2.24) is 9.80 Å². The summed E-state index contributed by atoms with van der Waals surface area (Å²) in [6, 6.07) is 38.7. The van der Waals surface area contributed by atoms with Gasteiger partial charge in [-0.2, -0.15) is 0 Å². The highest BCUT2D eigenvalue weighted by Crippen LogP contribution is 2.42. The van der Waals surface area contributed by atoms with Crippen LogP contribution in [0.4, 0.5) is 11.4 Å². The number of methoxy groups -OCH3 is 2. The number of ether oxygens (including phenoxy) is 7. The summed E-state index contributed by atoms with van der Waals surface area (Å²) in [7, 11) is 2.14. The number of rotatable bonds is 26. The van der Waals surface area contributed by atoms with Gasteiger partial charge in [0.2, 0.25) is 6.29 Å². The number of aliphatic hydroxyl groups excluding tert-OH is 4. The van der Waals surface area contributed by atoms with E-state index in [0.29, 0.717) is 109 Å². The summed E-state index contributed by atoms with van der Waals surface area (Å²) >= 11 is 0. The number of hydrogen-bond donors (Lipinski definition) is 5. The van der Waals surface area contributed by atoms with Gasteiger partial charge in [-0.15, -0.1) is 8.42 Å². The zero-order valence-corrected chi connectivity index (χ0v) is 54.8. The summed E-state index contributed by atoms with van der Waals surface area (Å²) in [6.07, 6.45) is -3.14. The first-order chi connectivity index (χ1) is 46.8. The number of hydrogen-bond acceptors (Lipinski definition) is 21. The number of fused-ring (bicyclic) bond motifs is 6. The molecule has 97 heavy (non-hydrogen) atoms. The minimum atomic E-state index is -5.00. The molecule has 508 valence electrons. The van der Waals surface area contributed by atoms with Gasteiger partial charge < -0.3 is 82.0 Å². The van der Waals surface area contributed by atoms with Crippen LogP contribution in [0.15, 0.2) is 143 Å². The fourth-order valence-corrected chi connectivity index (χ4v) is 13.5. The van der Waals surface area contributed by atoms with Crippen LogP contribution in [-0.2, 0) is 72.1 Å². The molecular weight excluding hydrogens is 1270 g/mol. The van der Waals surface area contributed by atoms with Crippen LogP contribution in [0.25, 0.3) is 0 Å². The molecule has 1 unspecified atom stereocenters. The maximum absolute atomic E-state index is 14.2. The first kappa shape index (κ1) is 67.7. The van der Waals surface area contributed by atoms with Crippen LogP contribution < -0.4 is 37.8 Å². The second-order valence-electron chi connectivity index (χ2n) is 25.2. The predicted octanol–water partition coefficient (Wildman–Crippen LogP) is 7.02. The Morgan fingerprint density at radius 1 is 0.619 bits per heavy atom. The Kier molecular flexibility index (Phi) is 20.4. The number of aliphatic imine (C=N–C) groups is 2. The summed E-state index contributed by atoms with van der Waals surface area (Å²) in [6.45, 7) is 2.08. The quantitative estimate of drug-likeness (QED) is 0.0206. The Bertz CT molecular complexity index is 4100. The number of carbonyl (C=O) groups excluding carboxylic acids is 3. The van der Waals surface area contributed by atoms with Gasteiger partial charge in [0.25, 0.3) is 11.8 Å². The molecular formula is C72H77N6O18S+. The summed E-state index contributed by atoms with van der Waals surface area (Å²) in [4.78, 5) is 55.2. The number of nitrogens with zero attached hydrogens (tertiary/aromatic N) is 5. The van der Waals surface area contributed by atoms with Crippen molar-refractivity contribution >= 4 is 51.8 Å². The van der Waals surface area contributed by atoms with Crippen molar-refractivity contribution < 1.29 is 89.2 Å². The van der Waals surface area contributed by atoms with Crippen LogP contribution >= 0.6 is 0 Å². The van der Waals surface area contributed by atoms with Crippen molar-refractivity contribution in [2.45, 2.75) is 108 Å². The molecule has 24 nitrogen and oxygen atoms in total. The van der Waals surface area contributed by atoms with E-state index < -0.39 is 53.5 Å². The Labute approximate surface area is 561 Å². The molecule has 7 atom stereocenters. The number of aliphatic hydroxyl groups is 4. The molecule has 2 amide bonds. The van der Waals surface area contributed by atoms with E-state index in [2.05, 4.69) is 12.1 Å². The third-order valence-corrected chi connectivity index (χ3v) is 18.4. The number of ketones is 1. The molecule has 0 aromatic heterocycles. The Balaban J connectivity index is 0.773. The molecule has 5 aliphatic heterocycles. The molecule has 0 radical (unpaired) electrons. The highest BCUT2D eigenvalue weighted by molar-refractivity contribution is 7.82. The summed E-state index contributed by atoms with van der Waals surface area (Å²) < 4.78 is 80.4. The van der Waals surface area contributed by atoms with Crippen LogP contribution in [0.5, 0.6) is 40.2 Å². The number of quaternary nitrogens is 1. The van der Waals surface area contributed by atoms with Crippen LogP contribution in [0.3, 0.4) is 0 Å². The molecule has 7 aromatic carbocycles. The van der Waals surface area contributed by atoms with Gasteiger partial charge in [-0.1, -0.05) is 48.5 Å². The molecule has 5 heterocycles. The topological polar surface area (TPSA) is 307 Å². The lowest BCUT2D eigenvalue weighted by Gasteiger charge is -2.39. The Hall–Kier alpha value is -9.28. The van der Waals surface area contributed by atoms with E-state index in [9.17, 15) is 43.2 Å². The minimum Gasteiger partial charge on any atom is -0.493 e. The fraction of sp³-hybridized carbons (Fsp3) is 0.347. The average molecular weight is 1350 g/mol. The van der Waals surface area contributed by atoms with E-state index in [1.807, 2.05) is 90.9 Å². The van der Waals surface area contributed by atoms with Gasteiger partial charge in [-0.05, 0) is 125 Å². The Morgan fingerprint density at radius 2 is 1.16 bits per heavy atom. The summed E-state index contributed by atoms with van der Waals surface area (Å²) in [5, 5.41) is 41.3. The molecule has 0 spiro atoms. The van der Waals surface area contributed by atoms with Crippen LogP contribution in [0, 0.1) is 0 Å². The molecule has 0 bridgehead atoms. The number of carbonyl (C=O) groups is 3. The maximum Gasteiger partial charge on any atom is 0.501 e.